The minimum atomic E-state index is -0.831. The van der Waals surface area contributed by atoms with Crippen molar-refractivity contribution in [2.75, 3.05) is 7.11 Å². The zero-order chi connectivity index (χ0) is 12.3. The first-order valence-corrected chi connectivity index (χ1v) is 5.02. The standard InChI is InChI=1S/C12H17NO3/c1-12(2,11(15)16-3)10(13)8-5-4-6-9(14)7-8/h4-7,10,14H,13H2,1-3H3. The summed E-state index contributed by atoms with van der Waals surface area (Å²) in [6.07, 6.45) is 0. The van der Waals surface area contributed by atoms with Gasteiger partial charge >= 0.3 is 5.97 Å². The predicted molar refractivity (Wildman–Crippen MR) is 60.8 cm³/mol. The molecule has 0 radical (unpaired) electrons. The Morgan fingerprint density at radius 2 is 2.12 bits per heavy atom. The van der Waals surface area contributed by atoms with Crippen LogP contribution in [0.1, 0.15) is 25.5 Å². The number of benzene rings is 1. The molecule has 3 N–H and O–H groups in total. The monoisotopic (exact) mass is 223 g/mol. The highest BCUT2D eigenvalue weighted by Gasteiger charge is 2.36. The Hall–Kier alpha value is -1.55. The molecular weight excluding hydrogens is 206 g/mol. The Labute approximate surface area is 95.0 Å². The van der Waals surface area contributed by atoms with E-state index in [9.17, 15) is 9.90 Å². The van der Waals surface area contributed by atoms with Crippen LogP contribution in [0.25, 0.3) is 0 Å². The molecule has 0 aromatic heterocycles. The number of carbonyl (C=O) groups is 1. The Bertz CT molecular complexity index is 388. The summed E-state index contributed by atoms with van der Waals surface area (Å²) >= 11 is 0. The molecule has 0 aliphatic carbocycles. The molecule has 1 unspecified atom stereocenters. The van der Waals surface area contributed by atoms with E-state index in [-0.39, 0.29) is 11.7 Å². The van der Waals surface area contributed by atoms with Gasteiger partial charge in [0.25, 0.3) is 0 Å². The van der Waals surface area contributed by atoms with Crippen LogP contribution in [0.2, 0.25) is 0 Å². The molecule has 0 aliphatic heterocycles. The van der Waals surface area contributed by atoms with Gasteiger partial charge in [0.05, 0.1) is 12.5 Å². The second-order valence-electron chi connectivity index (χ2n) is 4.29. The molecule has 1 atom stereocenters. The lowest BCUT2D eigenvalue weighted by Crippen LogP contribution is -2.37. The van der Waals surface area contributed by atoms with E-state index < -0.39 is 11.5 Å². The van der Waals surface area contributed by atoms with Gasteiger partial charge in [-0.2, -0.15) is 0 Å². The molecule has 0 saturated carbocycles. The highest BCUT2D eigenvalue weighted by Crippen LogP contribution is 2.33. The van der Waals surface area contributed by atoms with Crippen molar-refractivity contribution >= 4 is 5.97 Å². The van der Waals surface area contributed by atoms with Gasteiger partial charge < -0.3 is 15.6 Å². The van der Waals surface area contributed by atoms with Gasteiger partial charge in [0.15, 0.2) is 0 Å². The van der Waals surface area contributed by atoms with Gasteiger partial charge in [-0.3, -0.25) is 4.79 Å². The zero-order valence-electron chi connectivity index (χ0n) is 9.73. The van der Waals surface area contributed by atoms with Crippen LogP contribution in [0, 0.1) is 5.41 Å². The summed E-state index contributed by atoms with van der Waals surface area (Å²) < 4.78 is 4.71. The molecule has 88 valence electrons. The van der Waals surface area contributed by atoms with Crippen LogP contribution in [0.4, 0.5) is 0 Å². The third-order valence-corrected chi connectivity index (χ3v) is 2.72. The molecule has 1 aromatic carbocycles. The zero-order valence-corrected chi connectivity index (χ0v) is 9.73. The number of hydrogen-bond donors (Lipinski definition) is 2. The fourth-order valence-electron chi connectivity index (χ4n) is 1.52. The second-order valence-corrected chi connectivity index (χ2v) is 4.29. The van der Waals surface area contributed by atoms with Crippen molar-refractivity contribution in [3.8, 4) is 5.75 Å². The molecule has 0 spiro atoms. The van der Waals surface area contributed by atoms with Gasteiger partial charge in [0.1, 0.15) is 5.75 Å². The first-order chi connectivity index (χ1) is 7.39. The van der Waals surface area contributed by atoms with Crippen LogP contribution in [0.3, 0.4) is 0 Å². The lowest BCUT2D eigenvalue weighted by Gasteiger charge is -2.28. The molecule has 0 amide bonds. The quantitative estimate of drug-likeness (QED) is 0.763. The first-order valence-electron chi connectivity index (χ1n) is 5.02. The predicted octanol–water partition coefficient (Wildman–Crippen LogP) is 1.59. The summed E-state index contributed by atoms with van der Waals surface area (Å²) in [5, 5.41) is 9.35. The number of phenolic OH excluding ortho intramolecular Hbond substituents is 1. The van der Waals surface area contributed by atoms with Crippen molar-refractivity contribution in [3.05, 3.63) is 29.8 Å². The van der Waals surface area contributed by atoms with Crippen molar-refractivity contribution in [1.82, 2.24) is 0 Å². The van der Waals surface area contributed by atoms with E-state index in [1.54, 1.807) is 38.1 Å². The minimum Gasteiger partial charge on any atom is -0.508 e. The van der Waals surface area contributed by atoms with E-state index in [1.165, 1.54) is 7.11 Å². The molecule has 16 heavy (non-hydrogen) atoms. The van der Waals surface area contributed by atoms with Crippen LogP contribution < -0.4 is 5.73 Å². The van der Waals surface area contributed by atoms with E-state index in [4.69, 9.17) is 10.5 Å². The number of esters is 1. The topological polar surface area (TPSA) is 72.5 Å². The van der Waals surface area contributed by atoms with Gasteiger partial charge in [-0.15, -0.1) is 0 Å². The fourth-order valence-corrected chi connectivity index (χ4v) is 1.52. The molecule has 0 heterocycles. The molecule has 0 saturated heterocycles. The fraction of sp³-hybridized carbons (Fsp3) is 0.417. The maximum Gasteiger partial charge on any atom is 0.313 e. The van der Waals surface area contributed by atoms with E-state index in [2.05, 4.69) is 0 Å². The summed E-state index contributed by atoms with van der Waals surface area (Å²) in [6.45, 7) is 3.43. The molecule has 1 aromatic rings. The molecule has 0 fully saturated rings. The molecule has 0 aliphatic rings. The normalized spacial score (nSPS) is 13.2. The average Bonchev–Trinajstić information content (AvgIpc) is 2.26. The molecular formula is C12H17NO3. The van der Waals surface area contributed by atoms with Crippen LogP contribution in [0.15, 0.2) is 24.3 Å². The summed E-state index contributed by atoms with van der Waals surface area (Å²) in [6, 6.07) is 6.05. The number of phenols is 1. The Kier molecular flexibility index (Phi) is 3.55. The van der Waals surface area contributed by atoms with E-state index in [1.807, 2.05) is 0 Å². The molecule has 0 bridgehead atoms. The van der Waals surface area contributed by atoms with Gasteiger partial charge in [0, 0.05) is 6.04 Å². The van der Waals surface area contributed by atoms with E-state index in [0.717, 1.165) is 0 Å². The number of ether oxygens (including phenoxy) is 1. The van der Waals surface area contributed by atoms with Gasteiger partial charge in [-0.05, 0) is 31.5 Å². The van der Waals surface area contributed by atoms with Crippen molar-refractivity contribution in [3.63, 3.8) is 0 Å². The van der Waals surface area contributed by atoms with Gasteiger partial charge in [-0.1, -0.05) is 12.1 Å². The highest BCUT2D eigenvalue weighted by atomic mass is 16.5. The lowest BCUT2D eigenvalue weighted by molar-refractivity contribution is -0.152. The lowest BCUT2D eigenvalue weighted by atomic mass is 9.81. The second kappa shape index (κ2) is 4.53. The maximum absolute atomic E-state index is 11.6. The van der Waals surface area contributed by atoms with Crippen LogP contribution in [-0.2, 0) is 9.53 Å². The number of carbonyl (C=O) groups excluding carboxylic acids is 1. The summed E-state index contributed by atoms with van der Waals surface area (Å²) in [5.74, 6) is -0.239. The Balaban J connectivity index is 3.01. The van der Waals surface area contributed by atoms with Crippen molar-refractivity contribution in [2.24, 2.45) is 11.1 Å². The molecule has 4 nitrogen and oxygen atoms in total. The van der Waals surface area contributed by atoms with Crippen molar-refractivity contribution in [2.45, 2.75) is 19.9 Å². The molecule has 1 rings (SSSR count). The summed E-state index contributed by atoms with van der Waals surface area (Å²) in [5.41, 5.74) is 5.88. The summed E-state index contributed by atoms with van der Waals surface area (Å²) in [7, 11) is 1.33. The van der Waals surface area contributed by atoms with Crippen LogP contribution in [-0.4, -0.2) is 18.2 Å². The Morgan fingerprint density at radius 3 is 2.62 bits per heavy atom. The molecule has 4 heteroatoms. The third kappa shape index (κ3) is 2.33. The number of methoxy groups -OCH3 is 1. The minimum absolute atomic E-state index is 0.133. The number of aromatic hydroxyl groups is 1. The van der Waals surface area contributed by atoms with Crippen molar-refractivity contribution in [1.29, 1.82) is 0 Å². The van der Waals surface area contributed by atoms with Crippen LogP contribution >= 0.6 is 0 Å². The number of nitrogens with two attached hydrogens (primary N) is 1. The van der Waals surface area contributed by atoms with Crippen molar-refractivity contribution < 1.29 is 14.6 Å². The smallest absolute Gasteiger partial charge is 0.313 e. The SMILES string of the molecule is COC(=O)C(C)(C)C(N)c1cccc(O)c1. The van der Waals surface area contributed by atoms with E-state index in [0.29, 0.717) is 5.56 Å². The van der Waals surface area contributed by atoms with Gasteiger partial charge in [0.2, 0.25) is 0 Å². The van der Waals surface area contributed by atoms with Crippen LogP contribution in [0.5, 0.6) is 5.75 Å². The third-order valence-electron chi connectivity index (χ3n) is 2.72. The largest absolute Gasteiger partial charge is 0.508 e. The average molecular weight is 223 g/mol. The van der Waals surface area contributed by atoms with Gasteiger partial charge in [-0.25, -0.2) is 0 Å². The number of hydrogen-bond acceptors (Lipinski definition) is 4. The van der Waals surface area contributed by atoms with E-state index >= 15 is 0 Å². The summed E-state index contributed by atoms with van der Waals surface area (Å²) in [4.78, 5) is 11.6. The maximum atomic E-state index is 11.6. The highest BCUT2D eigenvalue weighted by molar-refractivity contribution is 5.77. The first kappa shape index (κ1) is 12.5. The number of rotatable bonds is 3. The Morgan fingerprint density at radius 1 is 1.50 bits per heavy atom.